The first-order chi connectivity index (χ1) is 12.1. The van der Waals surface area contributed by atoms with Gasteiger partial charge in [-0.05, 0) is 62.4 Å². The molecule has 1 aromatic rings. The molecule has 2 fully saturated rings. The van der Waals surface area contributed by atoms with Gasteiger partial charge in [-0.15, -0.1) is 0 Å². The van der Waals surface area contributed by atoms with Crippen molar-refractivity contribution in [1.29, 1.82) is 0 Å². The van der Waals surface area contributed by atoms with Crippen LogP contribution in [0.25, 0.3) is 0 Å². The summed E-state index contributed by atoms with van der Waals surface area (Å²) in [6.07, 6.45) is 4.57. The number of urea groups is 1. The Kier molecular flexibility index (Phi) is 6.20. The van der Waals surface area contributed by atoms with Crippen molar-refractivity contribution in [3.05, 3.63) is 28.8 Å². The molecule has 0 aliphatic carbocycles. The van der Waals surface area contributed by atoms with Gasteiger partial charge in [-0.3, -0.25) is 4.90 Å². The van der Waals surface area contributed by atoms with Gasteiger partial charge < -0.3 is 15.3 Å². The molecule has 2 heterocycles. The van der Waals surface area contributed by atoms with Crippen molar-refractivity contribution in [2.75, 3.05) is 31.5 Å². The lowest BCUT2D eigenvalue weighted by molar-refractivity contribution is 0.0298. The number of carbonyl (C=O) groups excluding carboxylic acids is 1. The SMILES string of the molecule is CCc1cc(Cl)ccc1NC(=O)N1CCC(N2CCC[C@@H](O)C2)CC1. The third kappa shape index (κ3) is 4.66. The van der Waals surface area contributed by atoms with Crippen LogP contribution in [0.2, 0.25) is 5.02 Å². The summed E-state index contributed by atoms with van der Waals surface area (Å²) in [5.74, 6) is 0. The fourth-order valence-electron chi connectivity index (χ4n) is 3.92. The Balaban J connectivity index is 1.53. The third-order valence-corrected chi connectivity index (χ3v) is 5.62. The molecule has 0 saturated carbocycles. The number of likely N-dealkylation sites (tertiary alicyclic amines) is 2. The van der Waals surface area contributed by atoms with Crippen LogP contribution in [-0.4, -0.2) is 59.3 Å². The van der Waals surface area contributed by atoms with Gasteiger partial charge in [0.15, 0.2) is 0 Å². The van der Waals surface area contributed by atoms with Crippen molar-refractivity contribution in [1.82, 2.24) is 9.80 Å². The highest BCUT2D eigenvalue weighted by atomic mass is 35.5. The van der Waals surface area contributed by atoms with Gasteiger partial charge in [0.2, 0.25) is 0 Å². The van der Waals surface area contributed by atoms with Crippen molar-refractivity contribution >= 4 is 23.3 Å². The molecule has 25 heavy (non-hydrogen) atoms. The largest absolute Gasteiger partial charge is 0.392 e. The molecule has 5 nitrogen and oxygen atoms in total. The highest BCUT2D eigenvalue weighted by Crippen LogP contribution is 2.24. The fraction of sp³-hybridized carbons (Fsp3) is 0.632. The molecule has 0 aromatic heterocycles. The lowest BCUT2D eigenvalue weighted by Crippen LogP contribution is -2.51. The molecular formula is C19H28ClN3O2. The maximum Gasteiger partial charge on any atom is 0.321 e. The third-order valence-electron chi connectivity index (χ3n) is 5.39. The monoisotopic (exact) mass is 365 g/mol. The average molecular weight is 366 g/mol. The number of amides is 2. The number of aliphatic hydroxyl groups excluding tert-OH is 1. The highest BCUT2D eigenvalue weighted by Gasteiger charge is 2.29. The molecule has 2 N–H and O–H groups in total. The number of benzene rings is 1. The van der Waals surface area contributed by atoms with Gasteiger partial charge in [0.1, 0.15) is 0 Å². The van der Waals surface area contributed by atoms with E-state index in [0.29, 0.717) is 11.1 Å². The molecule has 2 aliphatic rings. The van der Waals surface area contributed by atoms with Crippen LogP contribution in [0, 0.1) is 0 Å². The number of aliphatic hydroxyl groups is 1. The Morgan fingerprint density at radius 3 is 2.72 bits per heavy atom. The zero-order valence-corrected chi connectivity index (χ0v) is 15.6. The van der Waals surface area contributed by atoms with Gasteiger partial charge in [-0.1, -0.05) is 18.5 Å². The zero-order chi connectivity index (χ0) is 17.8. The summed E-state index contributed by atoms with van der Waals surface area (Å²) < 4.78 is 0. The predicted molar refractivity (Wildman–Crippen MR) is 101 cm³/mol. The number of rotatable bonds is 3. The Labute approximate surface area is 154 Å². The van der Waals surface area contributed by atoms with Crippen molar-refractivity contribution < 1.29 is 9.90 Å². The summed E-state index contributed by atoms with van der Waals surface area (Å²) in [4.78, 5) is 16.9. The smallest absolute Gasteiger partial charge is 0.321 e. The van der Waals surface area contributed by atoms with E-state index in [1.807, 2.05) is 23.1 Å². The zero-order valence-electron chi connectivity index (χ0n) is 14.9. The van der Waals surface area contributed by atoms with E-state index in [2.05, 4.69) is 17.1 Å². The van der Waals surface area contributed by atoms with Crippen LogP contribution >= 0.6 is 11.6 Å². The molecule has 0 spiro atoms. The fourth-order valence-corrected chi connectivity index (χ4v) is 4.11. The summed E-state index contributed by atoms with van der Waals surface area (Å²) >= 11 is 6.04. The minimum absolute atomic E-state index is 0.0332. The summed E-state index contributed by atoms with van der Waals surface area (Å²) in [7, 11) is 0. The van der Waals surface area contributed by atoms with E-state index in [4.69, 9.17) is 11.6 Å². The molecule has 138 valence electrons. The van der Waals surface area contributed by atoms with Crippen molar-refractivity contribution in [2.24, 2.45) is 0 Å². The van der Waals surface area contributed by atoms with E-state index in [9.17, 15) is 9.90 Å². The number of hydrogen-bond donors (Lipinski definition) is 2. The van der Waals surface area contributed by atoms with Crippen LogP contribution < -0.4 is 5.32 Å². The lowest BCUT2D eigenvalue weighted by atomic mass is 9.99. The molecule has 3 rings (SSSR count). The highest BCUT2D eigenvalue weighted by molar-refractivity contribution is 6.30. The van der Waals surface area contributed by atoms with E-state index in [0.717, 1.165) is 69.5 Å². The number of anilines is 1. The number of aryl methyl sites for hydroxylation is 1. The molecule has 1 atom stereocenters. The summed E-state index contributed by atoms with van der Waals surface area (Å²) in [6, 6.07) is 6.05. The average Bonchev–Trinajstić information content (AvgIpc) is 2.63. The number of nitrogens with zero attached hydrogens (tertiary/aromatic N) is 2. The second-order valence-electron chi connectivity index (χ2n) is 7.09. The number of piperidine rings is 2. The number of hydrogen-bond acceptors (Lipinski definition) is 3. The first-order valence-electron chi connectivity index (χ1n) is 9.33. The molecule has 2 amide bonds. The minimum Gasteiger partial charge on any atom is -0.392 e. The van der Waals surface area contributed by atoms with Crippen molar-refractivity contribution in [3.8, 4) is 0 Å². The van der Waals surface area contributed by atoms with Gasteiger partial charge in [0.25, 0.3) is 0 Å². The number of carbonyl (C=O) groups is 1. The lowest BCUT2D eigenvalue weighted by Gasteiger charge is -2.41. The van der Waals surface area contributed by atoms with Crippen LogP contribution in [-0.2, 0) is 6.42 Å². The number of nitrogens with one attached hydrogen (secondary N) is 1. The predicted octanol–water partition coefficient (Wildman–Crippen LogP) is 3.36. The normalized spacial score (nSPS) is 22.8. The van der Waals surface area contributed by atoms with Crippen LogP contribution in [0.5, 0.6) is 0 Å². The topological polar surface area (TPSA) is 55.8 Å². The number of halogens is 1. The molecule has 6 heteroatoms. The standard InChI is InChI=1S/C19H28ClN3O2/c1-2-14-12-15(20)5-6-18(14)21-19(25)22-10-7-16(8-11-22)23-9-3-4-17(24)13-23/h5-6,12,16-17,24H,2-4,7-11,13H2,1H3,(H,21,25)/t17-/m1/s1. The summed E-state index contributed by atoms with van der Waals surface area (Å²) in [5, 5.41) is 13.6. The van der Waals surface area contributed by atoms with E-state index in [1.54, 1.807) is 0 Å². The van der Waals surface area contributed by atoms with Crippen LogP contribution in [0.1, 0.15) is 38.2 Å². The van der Waals surface area contributed by atoms with Gasteiger partial charge >= 0.3 is 6.03 Å². The summed E-state index contributed by atoms with van der Waals surface area (Å²) in [5.41, 5.74) is 1.90. The van der Waals surface area contributed by atoms with E-state index in [1.165, 1.54) is 0 Å². The van der Waals surface area contributed by atoms with Gasteiger partial charge in [0.05, 0.1) is 6.10 Å². The molecule has 2 saturated heterocycles. The van der Waals surface area contributed by atoms with Crippen LogP contribution in [0.15, 0.2) is 18.2 Å². The second kappa shape index (κ2) is 8.39. The Bertz CT molecular complexity index is 602. The molecular weight excluding hydrogens is 338 g/mol. The van der Waals surface area contributed by atoms with E-state index in [-0.39, 0.29) is 12.1 Å². The first kappa shape index (κ1) is 18.5. The van der Waals surface area contributed by atoms with Gasteiger partial charge in [0, 0.05) is 36.4 Å². The molecule has 0 bridgehead atoms. The molecule has 0 unspecified atom stereocenters. The first-order valence-corrected chi connectivity index (χ1v) is 9.71. The minimum atomic E-state index is -0.188. The quantitative estimate of drug-likeness (QED) is 0.863. The number of β-amino-alcohol motifs (C(OH)–C–C–N with tert-alkyl or cyclic N) is 1. The Morgan fingerprint density at radius 2 is 2.04 bits per heavy atom. The van der Waals surface area contributed by atoms with E-state index >= 15 is 0 Å². The van der Waals surface area contributed by atoms with Crippen LogP contribution in [0.3, 0.4) is 0 Å². The van der Waals surface area contributed by atoms with Gasteiger partial charge in [-0.2, -0.15) is 0 Å². The Morgan fingerprint density at radius 1 is 1.28 bits per heavy atom. The maximum atomic E-state index is 12.6. The summed E-state index contributed by atoms with van der Waals surface area (Å²) in [6.45, 7) is 5.43. The van der Waals surface area contributed by atoms with Gasteiger partial charge in [-0.25, -0.2) is 4.79 Å². The molecule has 2 aliphatic heterocycles. The second-order valence-corrected chi connectivity index (χ2v) is 7.53. The Hall–Kier alpha value is -1.30. The molecule has 0 radical (unpaired) electrons. The van der Waals surface area contributed by atoms with Crippen molar-refractivity contribution in [3.63, 3.8) is 0 Å². The van der Waals surface area contributed by atoms with Crippen molar-refractivity contribution in [2.45, 2.75) is 51.2 Å². The van der Waals surface area contributed by atoms with E-state index < -0.39 is 0 Å². The maximum absolute atomic E-state index is 12.6. The molecule has 1 aromatic carbocycles. The van der Waals surface area contributed by atoms with Crippen LogP contribution in [0.4, 0.5) is 10.5 Å².